The molecular weight excluding hydrogens is 701 g/mol. The summed E-state index contributed by atoms with van der Waals surface area (Å²) in [5, 5.41) is 4.29. The Bertz CT molecular complexity index is 3170. The lowest BCUT2D eigenvalue weighted by Gasteiger charge is -2.25. The lowest BCUT2D eigenvalue weighted by molar-refractivity contribution is 0.668. The fourth-order valence-corrected chi connectivity index (χ4v) is 7.71. The second-order valence-corrected chi connectivity index (χ2v) is 14.1. The van der Waals surface area contributed by atoms with E-state index in [9.17, 15) is 0 Å². The van der Waals surface area contributed by atoms with Crippen LogP contribution < -0.4 is 4.90 Å². The first-order chi connectivity index (χ1) is 28.2. The Hall–Kier alpha value is -7.83. The highest BCUT2D eigenvalue weighted by molar-refractivity contribution is 6.08. The average molecular weight is 733 g/mol. The number of fused-ring (bicyclic) bond motifs is 6. The van der Waals surface area contributed by atoms with Gasteiger partial charge in [0.25, 0.3) is 0 Å². The monoisotopic (exact) mass is 732 g/mol. The Labute approximate surface area is 328 Å². The molecule has 0 radical (unpaired) electrons. The van der Waals surface area contributed by atoms with Crippen molar-refractivity contribution in [3.05, 3.63) is 194 Å². The van der Waals surface area contributed by atoms with Gasteiger partial charge >= 0.3 is 0 Å². The molecule has 11 rings (SSSR count). The highest BCUT2D eigenvalue weighted by Crippen LogP contribution is 2.40. The molecule has 0 fully saturated rings. The van der Waals surface area contributed by atoms with Crippen molar-refractivity contribution in [2.75, 3.05) is 4.90 Å². The van der Waals surface area contributed by atoms with Gasteiger partial charge in [0.1, 0.15) is 22.3 Å². The second kappa shape index (κ2) is 13.5. The topological polar surface area (TPSA) is 68.2 Å². The minimum atomic E-state index is 0.591. The van der Waals surface area contributed by atoms with E-state index in [-0.39, 0.29) is 0 Å². The van der Waals surface area contributed by atoms with E-state index in [2.05, 4.69) is 114 Å². The normalized spacial score (nSPS) is 11.5. The molecular formula is C51H32N4O2. The van der Waals surface area contributed by atoms with E-state index >= 15 is 0 Å². The van der Waals surface area contributed by atoms with Crippen LogP contribution in [0.1, 0.15) is 0 Å². The van der Waals surface area contributed by atoms with E-state index in [0.717, 1.165) is 88.8 Å². The molecule has 11 aromatic rings. The predicted octanol–water partition coefficient (Wildman–Crippen LogP) is 13.8. The maximum Gasteiger partial charge on any atom is 0.164 e. The first kappa shape index (κ1) is 32.6. The van der Waals surface area contributed by atoms with Gasteiger partial charge in [-0.3, -0.25) is 0 Å². The summed E-state index contributed by atoms with van der Waals surface area (Å²) in [5.74, 6) is 1.84. The number of para-hydroxylation sites is 2. The third-order valence-corrected chi connectivity index (χ3v) is 10.5. The smallest absolute Gasteiger partial charge is 0.164 e. The van der Waals surface area contributed by atoms with Gasteiger partial charge in [0.2, 0.25) is 0 Å². The Morgan fingerprint density at radius 2 is 0.737 bits per heavy atom. The number of anilines is 3. The fraction of sp³-hybridized carbons (Fsp3) is 0. The van der Waals surface area contributed by atoms with Crippen molar-refractivity contribution in [2.45, 2.75) is 0 Å². The van der Waals surface area contributed by atoms with Crippen molar-refractivity contribution in [1.29, 1.82) is 0 Å². The molecule has 57 heavy (non-hydrogen) atoms. The zero-order valence-electron chi connectivity index (χ0n) is 30.6. The number of benzene rings is 8. The number of hydrogen-bond acceptors (Lipinski definition) is 6. The van der Waals surface area contributed by atoms with Crippen molar-refractivity contribution in [1.82, 2.24) is 15.0 Å². The minimum absolute atomic E-state index is 0.591. The van der Waals surface area contributed by atoms with Crippen molar-refractivity contribution in [3.8, 4) is 45.3 Å². The van der Waals surface area contributed by atoms with Crippen LogP contribution in [0.2, 0.25) is 0 Å². The van der Waals surface area contributed by atoms with Crippen molar-refractivity contribution in [3.63, 3.8) is 0 Å². The molecule has 0 aliphatic rings. The molecule has 3 aromatic heterocycles. The van der Waals surface area contributed by atoms with Crippen LogP contribution in [-0.2, 0) is 0 Å². The van der Waals surface area contributed by atoms with Gasteiger partial charge < -0.3 is 13.7 Å². The summed E-state index contributed by atoms with van der Waals surface area (Å²) in [6, 6.07) is 66.4. The van der Waals surface area contributed by atoms with Crippen molar-refractivity contribution < 1.29 is 8.83 Å². The van der Waals surface area contributed by atoms with Crippen molar-refractivity contribution in [2.24, 2.45) is 0 Å². The first-order valence-electron chi connectivity index (χ1n) is 18.9. The average Bonchev–Trinajstić information content (AvgIpc) is 3.85. The third-order valence-electron chi connectivity index (χ3n) is 10.5. The summed E-state index contributed by atoms with van der Waals surface area (Å²) < 4.78 is 12.7. The maximum atomic E-state index is 6.56. The summed E-state index contributed by atoms with van der Waals surface area (Å²) in [5.41, 5.74) is 11.4. The van der Waals surface area contributed by atoms with Crippen LogP contribution in [0.4, 0.5) is 17.1 Å². The standard InChI is InChI=1S/C51H32N4O2/c1-4-12-34(13-5-1)49-52-50(35-14-6-2-7-15-35)54-51(53-49)37-23-28-43-42-27-22-36(30-47(42)57-48(43)31-37)33-20-24-39(25-21-33)55(38-16-8-3-9-17-38)40-26-29-46-44(32-40)41-18-10-11-19-45(41)56-46/h1-32H. The Balaban J connectivity index is 0.944. The van der Waals surface area contributed by atoms with Crippen LogP contribution in [0.5, 0.6) is 0 Å². The largest absolute Gasteiger partial charge is 0.456 e. The number of nitrogens with zero attached hydrogens (tertiary/aromatic N) is 4. The molecule has 0 spiro atoms. The van der Waals surface area contributed by atoms with Gasteiger partial charge in [-0.05, 0) is 83.9 Å². The molecule has 0 saturated heterocycles. The number of hydrogen-bond donors (Lipinski definition) is 0. The summed E-state index contributed by atoms with van der Waals surface area (Å²) >= 11 is 0. The minimum Gasteiger partial charge on any atom is -0.456 e. The zero-order chi connectivity index (χ0) is 37.7. The van der Waals surface area contributed by atoms with E-state index in [0.29, 0.717) is 17.5 Å². The van der Waals surface area contributed by atoms with E-state index in [1.165, 1.54) is 0 Å². The van der Waals surface area contributed by atoms with Crippen LogP contribution in [0, 0.1) is 0 Å². The van der Waals surface area contributed by atoms with Crippen LogP contribution in [0.15, 0.2) is 203 Å². The molecule has 0 aliphatic heterocycles. The second-order valence-electron chi connectivity index (χ2n) is 14.1. The molecule has 0 amide bonds. The summed E-state index contributed by atoms with van der Waals surface area (Å²) in [6.45, 7) is 0. The molecule has 268 valence electrons. The first-order valence-corrected chi connectivity index (χ1v) is 18.9. The van der Waals surface area contributed by atoms with Gasteiger partial charge in [-0.1, -0.05) is 121 Å². The molecule has 0 saturated carbocycles. The summed E-state index contributed by atoms with van der Waals surface area (Å²) in [7, 11) is 0. The lowest BCUT2D eigenvalue weighted by atomic mass is 10.0. The predicted molar refractivity (Wildman–Crippen MR) is 231 cm³/mol. The van der Waals surface area contributed by atoms with Gasteiger partial charge in [0, 0.05) is 55.3 Å². The Kier molecular flexibility index (Phi) is 7.71. The van der Waals surface area contributed by atoms with Gasteiger partial charge in [0.05, 0.1) is 0 Å². The molecule has 0 unspecified atom stereocenters. The fourth-order valence-electron chi connectivity index (χ4n) is 7.71. The van der Waals surface area contributed by atoms with Crippen LogP contribution in [-0.4, -0.2) is 15.0 Å². The molecule has 0 bridgehead atoms. The van der Waals surface area contributed by atoms with Crippen LogP contribution in [0.3, 0.4) is 0 Å². The van der Waals surface area contributed by atoms with Gasteiger partial charge in [0.15, 0.2) is 17.5 Å². The third kappa shape index (κ3) is 5.88. The quantitative estimate of drug-likeness (QED) is 0.162. The molecule has 0 aliphatic carbocycles. The van der Waals surface area contributed by atoms with Crippen molar-refractivity contribution >= 4 is 60.9 Å². The zero-order valence-corrected chi connectivity index (χ0v) is 30.6. The Morgan fingerprint density at radius 3 is 1.40 bits per heavy atom. The van der Waals surface area contributed by atoms with E-state index < -0.39 is 0 Å². The molecule has 8 aromatic carbocycles. The molecule has 6 heteroatoms. The summed E-state index contributed by atoms with van der Waals surface area (Å²) in [6.07, 6.45) is 0. The molecule has 0 atom stereocenters. The van der Waals surface area contributed by atoms with E-state index in [1.807, 2.05) is 84.9 Å². The highest BCUT2D eigenvalue weighted by Gasteiger charge is 2.17. The lowest BCUT2D eigenvalue weighted by Crippen LogP contribution is -2.09. The van der Waals surface area contributed by atoms with Gasteiger partial charge in [-0.25, -0.2) is 15.0 Å². The molecule has 6 nitrogen and oxygen atoms in total. The van der Waals surface area contributed by atoms with Gasteiger partial charge in [-0.15, -0.1) is 0 Å². The van der Waals surface area contributed by atoms with Crippen LogP contribution >= 0.6 is 0 Å². The van der Waals surface area contributed by atoms with Crippen LogP contribution in [0.25, 0.3) is 89.2 Å². The SMILES string of the molecule is c1ccc(-c2nc(-c3ccccc3)nc(-c3ccc4c(c3)oc3cc(-c5ccc(N(c6ccccc6)c6ccc7oc8ccccc8c7c6)cc5)ccc34)n2)cc1. The molecule has 3 heterocycles. The Morgan fingerprint density at radius 1 is 0.281 bits per heavy atom. The number of aromatic nitrogens is 3. The van der Waals surface area contributed by atoms with Gasteiger partial charge in [-0.2, -0.15) is 0 Å². The molecule has 0 N–H and O–H groups in total. The van der Waals surface area contributed by atoms with E-state index in [1.54, 1.807) is 0 Å². The number of furan rings is 2. The van der Waals surface area contributed by atoms with E-state index in [4.69, 9.17) is 23.8 Å². The summed E-state index contributed by atoms with van der Waals surface area (Å²) in [4.78, 5) is 17.0. The maximum absolute atomic E-state index is 6.56. The number of rotatable bonds is 7. The highest BCUT2D eigenvalue weighted by atomic mass is 16.3.